The molecule has 0 aromatic heterocycles. The van der Waals surface area contributed by atoms with Crippen LogP contribution in [0, 0.1) is 23.6 Å². The Balaban J connectivity index is 0.000000667. The lowest BCUT2D eigenvalue weighted by atomic mass is 9.92. The van der Waals surface area contributed by atoms with Gasteiger partial charge in [-0.05, 0) is 35.1 Å². The number of carbonyl (C=O) groups excluding carboxylic acids is 1. The SMILES string of the molecule is C#Cc1c(F)ccc2cc(OC)cc(C(C)C)c12.CC.CC(C)(C)C=O. The number of benzene rings is 2. The first-order valence-electron chi connectivity index (χ1n) is 8.87. The minimum Gasteiger partial charge on any atom is -0.497 e. The number of hydrogen-bond donors (Lipinski definition) is 0. The van der Waals surface area contributed by atoms with Gasteiger partial charge in [0.1, 0.15) is 17.9 Å². The molecule has 3 heteroatoms. The zero-order chi connectivity index (χ0) is 20.5. The van der Waals surface area contributed by atoms with Crippen molar-refractivity contribution in [2.24, 2.45) is 5.41 Å². The van der Waals surface area contributed by atoms with Crippen molar-refractivity contribution in [3.63, 3.8) is 0 Å². The Labute approximate surface area is 157 Å². The molecular weight excluding hydrogens is 327 g/mol. The van der Waals surface area contributed by atoms with E-state index in [1.54, 1.807) is 13.2 Å². The molecule has 0 saturated heterocycles. The summed E-state index contributed by atoms with van der Waals surface area (Å²) in [6, 6.07) is 6.94. The number of aldehydes is 1. The van der Waals surface area contributed by atoms with Gasteiger partial charge in [-0.25, -0.2) is 4.39 Å². The van der Waals surface area contributed by atoms with Gasteiger partial charge in [-0.3, -0.25) is 0 Å². The lowest BCUT2D eigenvalue weighted by Crippen LogP contribution is -2.04. The average Bonchev–Trinajstić information content (AvgIpc) is 2.62. The summed E-state index contributed by atoms with van der Waals surface area (Å²) in [5.41, 5.74) is 1.20. The van der Waals surface area contributed by atoms with Crippen molar-refractivity contribution in [2.75, 3.05) is 7.11 Å². The topological polar surface area (TPSA) is 26.3 Å². The van der Waals surface area contributed by atoms with Crippen LogP contribution in [0.4, 0.5) is 4.39 Å². The summed E-state index contributed by atoms with van der Waals surface area (Å²) in [4.78, 5) is 9.83. The molecule has 0 spiro atoms. The number of carbonyl (C=O) groups is 1. The summed E-state index contributed by atoms with van der Waals surface area (Å²) in [6.45, 7) is 13.7. The monoisotopic (exact) mass is 358 g/mol. The van der Waals surface area contributed by atoms with Gasteiger partial charge in [0.25, 0.3) is 0 Å². The van der Waals surface area contributed by atoms with Crippen LogP contribution in [-0.4, -0.2) is 13.4 Å². The summed E-state index contributed by atoms with van der Waals surface area (Å²) in [5, 5.41) is 1.72. The summed E-state index contributed by atoms with van der Waals surface area (Å²) in [7, 11) is 1.62. The third-order valence-corrected chi connectivity index (χ3v) is 3.43. The molecule has 0 amide bonds. The van der Waals surface area contributed by atoms with E-state index in [1.807, 2.05) is 46.8 Å². The Morgan fingerprint density at radius 2 is 1.73 bits per heavy atom. The van der Waals surface area contributed by atoms with Crippen LogP contribution in [0.15, 0.2) is 24.3 Å². The Morgan fingerprint density at radius 3 is 2.12 bits per heavy atom. The molecule has 0 aliphatic rings. The van der Waals surface area contributed by atoms with Crippen LogP contribution in [0.25, 0.3) is 10.8 Å². The van der Waals surface area contributed by atoms with Crippen LogP contribution in [-0.2, 0) is 4.79 Å². The van der Waals surface area contributed by atoms with E-state index in [9.17, 15) is 9.18 Å². The summed E-state index contributed by atoms with van der Waals surface area (Å²) >= 11 is 0. The maximum atomic E-state index is 13.8. The van der Waals surface area contributed by atoms with Gasteiger partial charge in [-0.1, -0.05) is 60.5 Å². The molecule has 0 fully saturated rings. The Bertz CT molecular complexity index is 762. The highest BCUT2D eigenvalue weighted by Gasteiger charge is 2.14. The van der Waals surface area contributed by atoms with Gasteiger partial charge in [-0.15, -0.1) is 6.42 Å². The molecule has 0 atom stereocenters. The molecule has 0 bridgehead atoms. The molecule has 0 unspecified atom stereocenters. The van der Waals surface area contributed by atoms with E-state index in [2.05, 4.69) is 19.8 Å². The molecule has 0 aliphatic carbocycles. The quantitative estimate of drug-likeness (QED) is 0.462. The Hall–Kier alpha value is -2.34. The highest BCUT2D eigenvalue weighted by Crippen LogP contribution is 2.33. The van der Waals surface area contributed by atoms with Crippen LogP contribution in [0.3, 0.4) is 0 Å². The van der Waals surface area contributed by atoms with Gasteiger partial charge < -0.3 is 9.53 Å². The summed E-state index contributed by atoms with van der Waals surface area (Å²) < 4.78 is 19.0. The highest BCUT2D eigenvalue weighted by molar-refractivity contribution is 5.93. The Kier molecular flexibility index (Phi) is 9.65. The molecule has 2 aromatic carbocycles. The predicted octanol–water partition coefficient (Wildman–Crippen LogP) is 6.35. The van der Waals surface area contributed by atoms with E-state index >= 15 is 0 Å². The first-order chi connectivity index (χ1) is 12.1. The molecule has 26 heavy (non-hydrogen) atoms. The van der Waals surface area contributed by atoms with Gasteiger partial charge in [0.15, 0.2) is 0 Å². The van der Waals surface area contributed by atoms with Crippen molar-refractivity contribution >= 4 is 17.1 Å². The van der Waals surface area contributed by atoms with Crippen LogP contribution in [0.2, 0.25) is 0 Å². The number of hydrogen-bond acceptors (Lipinski definition) is 2. The molecule has 0 saturated carbocycles. The largest absolute Gasteiger partial charge is 0.497 e. The van der Waals surface area contributed by atoms with Crippen molar-refractivity contribution in [3.05, 3.63) is 41.2 Å². The normalized spacial score (nSPS) is 10.2. The molecule has 0 heterocycles. The number of fused-ring (bicyclic) bond motifs is 1. The maximum absolute atomic E-state index is 13.8. The second-order valence-electron chi connectivity index (χ2n) is 7.02. The second-order valence-corrected chi connectivity index (χ2v) is 7.02. The first kappa shape index (κ1) is 23.7. The van der Waals surface area contributed by atoms with Crippen molar-refractivity contribution < 1.29 is 13.9 Å². The number of terminal acetylenes is 1. The molecule has 0 N–H and O–H groups in total. The molecule has 0 radical (unpaired) electrons. The first-order valence-corrected chi connectivity index (χ1v) is 8.87. The standard InChI is InChI=1S/C16H15FO.C5H10O.C2H6/c1-5-13-15(17)7-6-11-8-12(18-4)9-14(10(2)3)16(11)13;1-5(2,3)4-6;1-2/h1,6-10H,2-4H3;4H,1-3H3;1-2H3. The van der Waals surface area contributed by atoms with E-state index in [0.29, 0.717) is 5.56 Å². The molecule has 2 rings (SSSR count). The fourth-order valence-corrected chi connectivity index (χ4v) is 2.16. The zero-order valence-electron chi connectivity index (χ0n) is 17.2. The smallest absolute Gasteiger partial charge is 0.139 e. The van der Waals surface area contributed by atoms with Crippen molar-refractivity contribution in [3.8, 4) is 18.1 Å². The molecular formula is C23H31FO2. The Morgan fingerprint density at radius 1 is 1.19 bits per heavy atom. The second kappa shape index (κ2) is 10.6. The van der Waals surface area contributed by atoms with Crippen molar-refractivity contribution in [2.45, 2.75) is 54.4 Å². The minimum atomic E-state index is -0.350. The van der Waals surface area contributed by atoms with Crippen molar-refractivity contribution in [1.29, 1.82) is 0 Å². The van der Waals surface area contributed by atoms with Gasteiger partial charge in [0, 0.05) is 10.8 Å². The van der Waals surface area contributed by atoms with E-state index < -0.39 is 0 Å². The fraction of sp³-hybridized carbons (Fsp3) is 0.435. The predicted molar refractivity (Wildman–Crippen MR) is 109 cm³/mol. The molecule has 2 aromatic rings. The number of ether oxygens (including phenoxy) is 1. The van der Waals surface area contributed by atoms with Crippen LogP contribution in [0.1, 0.15) is 65.5 Å². The number of rotatable bonds is 2. The van der Waals surface area contributed by atoms with Crippen LogP contribution >= 0.6 is 0 Å². The molecule has 2 nitrogen and oxygen atoms in total. The number of halogens is 1. The van der Waals surface area contributed by atoms with Gasteiger partial charge >= 0.3 is 0 Å². The van der Waals surface area contributed by atoms with E-state index in [0.717, 1.165) is 28.4 Å². The summed E-state index contributed by atoms with van der Waals surface area (Å²) in [5.74, 6) is 3.12. The van der Waals surface area contributed by atoms with Gasteiger partial charge in [-0.2, -0.15) is 0 Å². The van der Waals surface area contributed by atoms with Crippen LogP contribution in [0.5, 0.6) is 5.75 Å². The molecule has 142 valence electrons. The third-order valence-electron chi connectivity index (χ3n) is 3.43. The fourth-order valence-electron chi connectivity index (χ4n) is 2.16. The summed E-state index contributed by atoms with van der Waals surface area (Å²) in [6.07, 6.45) is 6.37. The maximum Gasteiger partial charge on any atom is 0.139 e. The van der Waals surface area contributed by atoms with E-state index in [-0.39, 0.29) is 17.2 Å². The van der Waals surface area contributed by atoms with E-state index in [1.165, 1.54) is 6.07 Å². The average molecular weight is 358 g/mol. The van der Waals surface area contributed by atoms with Crippen molar-refractivity contribution in [1.82, 2.24) is 0 Å². The minimum absolute atomic E-state index is 0.139. The van der Waals surface area contributed by atoms with E-state index in [4.69, 9.17) is 11.2 Å². The van der Waals surface area contributed by atoms with Gasteiger partial charge in [0.2, 0.25) is 0 Å². The lowest BCUT2D eigenvalue weighted by molar-refractivity contribution is -0.113. The van der Waals surface area contributed by atoms with Gasteiger partial charge in [0.05, 0.1) is 12.7 Å². The van der Waals surface area contributed by atoms with Crippen LogP contribution < -0.4 is 4.74 Å². The lowest BCUT2D eigenvalue weighted by Gasteiger charge is -2.14. The molecule has 0 aliphatic heterocycles. The number of methoxy groups -OCH3 is 1. The highest BCUT2D eigenvalue weighted by atomic mass is 19.1. The third kappa shape index (κ3) is 6.52. The zero-order valence-corrected chi connectivity index (χ0v) is 17.2.